The van der Waals surface area contributed by atoms with Gasteiger partial charge in [-0.2, -0.15) is 5.10 Å². The number of nitrogens with zero attached hydrogens (tertiary/aromatic N) is 1. The van der Waals surface area contributed by atoms with Gasteiger partial charge in [-0.1, -0.05) is 0 Å². The second kappa shape index (κ2) is 2.42. The van der Waals surface area contributed by atoms with Crippen molar-refractivity contribution in [3.8, 4) is 0 Å². The van der Waals surface area contributed by atoms with Gasteiger partial charge >= 0.3 is 0 Å². The smallest absolute Gasteiger partial charge is 0.0626 e. The lowest BCUT2D eigenvalue weighted by atomic mass is 10.0. The first kappa shape index (κ1) is 5.92. The third-order valence-electron chi connectivity index (χ3n) is 1.76. The Hall–Kier alpha value is -0.830. The number of aromatic amines is 1. The highest BCUT2D eigenvalue weighted by Gasteiger charge is 2.18. The lowest BCUT2D eigenvalue weighted by Gasteiger charge is -2.24. The Morgan fingerprint density at radius 2 is 2.60 bits per heavy atom. The predicted molar refractivity (Wildman–Crippen MR) is 36.6 cm³/mol. The number of hydrogen-bond donors (Lipinski definition) is 1. The molecule has 0 bridgehead atoms. The SMILES string of the molecule is c1cc(CC2COC2)n[nH]1. The molecule has 0 aliphatic carbocycles. The average molecular weight is 138 g/mol. The van der Waals surface area contributed by atoms with Crippen LogP contribution < -0.4 is 0 Å². The van der Waals surface area contributed by atoms with Gasteiger partial charge in [0.1, 0.15) is 0 Å². The minimum atomic E-state index is 0.711. The quantitative estimate of drug-likeness (QED) is 0.649. The van der Waals surface area contributed by atoms with Crippen molar-refractivity contribution in [2.24, 2.45) is 5.92 Å². The van der Waals surface area contributed by atoms with Crippen LogP contribution in [0.4, 0.5) is 0 Å². The number of rotatable bonds is 2. The Morgan fingerprint density at radius 1 is 1.70 bits per heavy atom. The maximum absolute atomic E-state index is 5.05. The standard InChI is InChI=1S/C7H10N2O/c1-2-8-9-7(1)3-6-4-10-5-6/h1-2,6H,3-5H2,(H,8,9). The van der Waals surface area contributed by atoms with Crippen molar-refractivity contribution in [3.63, 3.8) is 0 Å². The minimum absolute atomic E-state index is 0.711. The number of ether oxygens (including phenoxy) is 1. The molecular formula is C7H10N2O. The van der Waals surface area contributed by atoms with E-state index < -0.39 is 0 Å². The van der Waals surface area contributed by atoms with Crippen LogP contribution in [-0.2, 0) is 11.2 Å². The van der Waals surface area contributed by atoms with Crippen molar-refractivity contribution in [2.45, 2.75) is 6.42 Å². The highest BCUT2D eigenvalue weighted by atomic mass is 16.5. The Bertz CT molecular complexity index is 191. The fourth-order valence-electron chi connectivity index (χ4n) is 1.10. The van der Waals surface area contributed by atoms with E-state index in [-0.39, 0.29) is 0 Å². The summed E-state index contributed by atoms with van der Waals surface area (Å²) >= 11 is 0. The van der Waals surface area contributed by atoms with Gasteiger partial charge in [-0.15, -0.1) is 0 Å². The number of hydrogen-bond acceptors (Lipinski definition) is 2. The average Bonchev–Trinajstić information content (AvgIpc) is 2.29. The topological polar surface area (TPSA) is 37.9 Å². The van der Waals surface area contributed by atoms with Crippen LogP contribution in [0.3, 0.4) is 0 Å². The van der Waals surface area contributed by atoms with Crippen molar-refractivity contribution in [1.82, 2.24) is 10.2 Å². The Kier molecular flexibility index (Phi) is 1.43. The molecule has 0 radical (unpaired) electrons. The van der Waals surface area contributed by atoms with Gasteiger partial charge in [0.15, 0.2) is 0 Å². The fourth-order valence-corrected chi connectivity index (χ4v) is 1.10. The molecule has 10 heavy (non-hydrogen) atoms. The molecule has 1 aromatic heterocycles. The normalized spacial score (nSPS) is 18.8. The van der Waals surface area contributed by atoms with Gasteiger partial charge in [-0.05, 0) is 12.5 Å². The molecule has 2 rings (SSSR count). The summed E-state index contributed by atoms with van der Waals surface area (Å²) in [5, 5.41) is 6.85. The van der Waals surface area contributed by atoms with Crippen LogP contribution in [0.1, 0.15) is 5.69 Å². The van der Waals surface area contributed by atoms with Crippen LogP contribution in [0, 0.1) is 5.92 Å². The number of H-pyrrole nitrogens is 1. The molecule has 0 saturated carbocycles. The van der Waals surface area contributed by atoms with Gasteiger partial charge in [0.25, 0.3) is 0 Å². The zero-order chi connectivity index (χ0) is 6.81. The van der Waals surface area contributed by atoms with Crippen molar-refractivity contribution in [1.29, 1.82) is 0 Å². The lowest BCUT2D eigenvalue weighted by molar-refractivity contribution is -0.0316. The summed E-state index contributed by atoms with van der Waals surface area (Å²) in [5.41, 5.74) is 1.15. The Labute approximate surface area is 59.4 Å². The van der Waals surface area contributed by atoms with Gasteiger partial charge in [-0.25, -0.2) is 0 Å². The molecule has 2 heterocycles. The molecule has 3 heteroatoms. The summed E-state index contributed by atoms with van der Waals surface area (Å²) < 4.78 is 5.05. The molecule has 3 nitrogen and oxygen atoms in total. The molecule has 1 saturated heterocycles. The van der Waals surface area contributed by atoms with Crippen molar-refractivity contribution >= 4 is 0 Å². The Balaban J connectivity index is 1.90. The zero-order valence-electron chi connectivity index (χ0n) is 5.71. The summed E-state index contributed by atoms with van der Waals surface area (Å²) in [6, 6.07) is 2.01. The summed E-state index contributed by atoms with van der Waals surface area (Å²) in [7, 11) is 0. The number of aromatic nitrogens is 2. The molecule has 54 valence electrons. The molecule has 1 aromatic rings. The van der Waals surface area contributed by atoms with Gasteiger partial charge < -0.3 is 4.74 Å². The molecule has 1 fully saturated rings. The molecular weight excluding hydrogens is 128 g/mol. The maximum atomic E-state index is 5.05. The van der Waals surface area contributed by atoms with E-state index in [1.165, 1.54) is 0 Å². The van der Waals surface area contributed by atoms with E-state index in [1.54, 1.807) is 0 Å². The van der Waals surface area contributed by atoms with Gasteiger partial charge in [0.2, 0.25) is 0 Å². The van der Waals surface area contributed by atoms with E-state index in [1.807, 2.05) is 12.3 Å². The molecule has 0 aromatic carbocycles. The molecule has 1 aliphatic rings. The highest BCUT2D eigenvalue weighted by molar-refractivity contribution is 4.99. The Morgan fingerprint density at radius 3 is 3.10 bits per heavy atom. The van der Waals surface area contributed by atoms with E-state index in [2.05, 4.69) is 10.2 Å². The summed E-state index contributed by atoms with van der Waals surface area (Å²) in [6.07, 6.45) is 2.92. The van der Waals surface area contributed by atoms with Crippen molar-refractivity contribution in [3.05, 3.63) is 18.0 Å². The molecule has 1 N–H and O–H groups in total. The van der Waals surface area contributed by atoms with Crippen LogP contribution in [0.15, 0.2) is 12.3 Å². The summed E-state index contributed by atoms with van der Waals surface area (Å²) in [6.45, 7) is 1.82. The van der Waals surface area contributed by atoms with E-state index in [9.17, 15) is 0 Å². The minimum Gasteiger partial charge on any atom is -0.381 e. The molecule has 0 unspecified atom stereocenters. The molecule has 0 amide bonds. The lowest BCUT2D eigenvalue weighted by Crippen LogP contribution is -2.29. The predicted octanol–water partition coefficient (Wildman–Crippen LogP) is 0.599. The van der Waals surface area contributed by atoms with Gasteiger partial charge in [-0.3, -0.25) is 5.10 Å². The molecule has 0 spiro atoms. The maximum Gasteiger partial charge on any atom is 0.0626 e. The summed E-state index contributed by atoms with van der Waals surface area (Å²) in [5.74, 6) is 0.711. The third kappa shape index (κ3) is 1.04. The van der Waals surface area contributed by atoms with Gasteiger partial charge in [0, 0.05) is 12.1 Å². The van der Waals surface area contributed by atoms with E-state index in [0.717, 1.165) is 25.3 Å². The first-order valence-electron chi connectivity index (χ1n) is 3.51. The first-order chi connectivity index (χ1) is 4.95. The van der Waals surface area contributed by atoms with Crippen LogP contribution in [0.25, 0.3) is 0 Å². The van der Waals surface area contributed by atoms with Crippen molar-refractivity contribution in [2.75, 3.05) is 13.2 Å². The monoisotopic (exact) mass is 138 g/mol. The fraction of sp³-hybridized carbons (Fsp3) is 0.571. The highest BCUT2D eigenvalue weighted by Crippen LogP contribution is 2.14. The van der Waals surface area contributed by atoms with Crippen LogP contribution in [0.2, 0.25) is 0 Å². The zero-order valence-corrected chi connectivity index (χ0v) is 5.71. The van der Waals surface area contributed by atoms with Crippen molar-refractivity contribution < 1.29 is 4.74 Å². The van der Waals surface area contributed by atoms with Crippen LogP contribution >= 0.6 is 0 Å². The van der Waals surface area contributed by atoms with Gasteiger partial charge in [0.05, 0.1) is 18.9 Å². The van der Waals surface area contributed by atoms with E-state index >= 15 is 0 Å². The second-order valence-corrected chi connectivity index (χ2v) is 2.67. The molecule has 0 atom stereocenters. The number of nitrogens with one attached hydrogen (secondary N) is 1. The summed E-state index contributed by atoms with van der Waals surface area (Å²) in [4.78, 5) is 0. The second-order valence-electron chi connectivity index (χ2n) is 2.67. The van der Waals surface area contributed by atoms with E-state index in [0.29, 0.717) is 5.92 Å². The van der Waals surface area contributed by atoms with E-state index in [4.69, 9.17) is 4.74 Å². The third-order valence-corrected chi connectivity index (χ3v) is 1.76. The van der Waals surface area contributed by atoms with Crippen LogP contribution in [0.5, 0.6) is 0 Å². The first-order valence-corrected chi connectivity index (χ1v) is 3.51. The van der Waals surface area contributed by atoms with Crippen LogP contribution in [-0.4, -0.2) is 23.4 Å². The largest absolute Gasteiger partial charge is 0.381 e. The molecule has 1 aliphatic heterocycles.